The maximum Gasteiger partial charge on any atom is 0.387 e. The minimum absolute atomic E-state index is 0.135. The first-order chi connectivity index (χ1) is 8.70. The van der Waals surface area contributed by atoms with Crippen LogP contribution in [-0.4, -0.2) is 6.61 Å². The molecule has 0 bridgehead atoms. The molecule has 0 radical (unpaired) electrons. The summed E-state index contributed by atoms with van der Waals surface area (Å²) in [6, 6.07) is 10.2. The molecule has 0 aliphatic carbocycles. The van der Waals surface area contributed by atoms with E-state index in [0.29, 0.717) is 0 Å². The van der Waals surface area contributed by atoms with Gasteiger partial charge >= 0.3 is 6.61 Å². The second-order valence-electron chi connectivity index (χ2n) is 3.56. The quantitative estimate of drug-likeness (QED) is 0.648. The van der Waals surface area contributed by atoms with Crippen molar-refractivity contribution in [2.45, 2.75) is 12.7 Å². The highest BCUT2D eigenvalue weighted by Crippen LogP contribution is 2.26. The number of hydrogen-bond donors (Lipinski definition) is 2. The monoisotopic (exact) mass is 270 g/mol. The van der Waals surface area contributed by atoms with Crippen molar-refractivity contribution in [1.82, 2.24) is 5.43 Å². The van der Waals surface area contributed by atoms with E-state index in [1.165, 1.54) is 12.1 Å². The summed E-state index contributed by atoms with van der Waals surface area (Å²) >= 11 is 1.57. The molecule has 3 nitrogen and oxygen atoms in total. The highest BCUT2D eigenvalue weighted by Gasteiger charge is 2.13. The number of halogens is 2. The Kier molecular flexibility index (Phi) is 4.24. The Bertz CT molecular complexity index is 473. The van der Waals surface area contributed by atoms with Crippen LogP contribution < -0.4 is 16.0 Å². The maximum atomic E-state index is 12.0. The van der Waals surface area contributed by atoms with Crippen LogP contribution in [0.25, 0.3) is 0 Å². The van der Waals surface area contributed by atoms with E-state index in [4.69, 9.17) is 5.84 Å². The van der Waals surface area contributed by atoms with E-state index in [1.807, 2.05) is 17.5 Å². The highest BCUT2D eigenvalue weighted by molar-refractivity contribution is 7.10. The summed E-state index contributed by atoms with van der Waals surface area (Å²) in [6.45, 7) is -2.81. The predicted molar refractivity (Wildman–Crippen MR) is 66.6 cm³/mol. The van der Waals surface area contributed by atoms with Gasteiger partial charge in [0.1, 0.15) is 5.75 Å². The second kappa shape index (κ2) is 5.90. The van der Waals surface area contributed by atoms with Gasteiger partial charge in [-0.15, -0.1) is 11.3 Å². The smallest absolute Gasteiger partial charge is 0.387 e. The molecule has 0 amide bonds. The lowest BCUT2D eigenvalue weighted by Crippen LogP contribution is -2.28. The molecule has 1 aromatic heterocycles. The van der Waals surface area contributed by atoms with E-state index < -0.39 is 6.61 Å². The number of hydrazine groups is 1. The summed E-state index contributed by atoms with van der Waals surface area (Å²) in [5.41, 5.74) is 3.59. The highest BCUT2D eigenvalue weighted by atomic mass is 32.1. The Morgan fingerprint density at radius 2 is 1.89 bits per heavy atom. The third-order valence-electron chi connectivity index (χ3n) is 2.43. The normalized spacial score (nSPS) is 12.7. The van der Waals surface area contributed by atoms with Crippen LogP contribution in [0.1, 0.15) is 16.5 Å². The van der Waals surface area contributed by atoms with Crippen molar-refractivity contribution in [2.24, 2.45) is 5.84 Å². The standard InChI is InChI=1S/C12H12F2N2OS/c13-12(14)17-9-5-3-8(4-6-9)11(16-15)10-2-1-7-18-10/h1-7,11-12,16H,15H2. The van der Waals surface area contributed by atoms with Crippen LogP contribution in [0.3, 0.4) is 0 Å². The predicted octanol–water partition coefficient (Wildman–Crippen LogP) is 2.90. The van der Waals surface area contributed by atoms with Crippen LogP contribution in [0, 0.1) is 0 Å². The first-order valence-corrected chi connectivity index (χ1v) is 6.13. The molecule has 1 heterocycles. The lowest BCUT2D eigenvalue weighted by Gasteiger charge is -2.15. The molecular formula is C12H12F2N2OS. The van der Waals surface area contributed by atoms with E-state index in [2.05, 4.69) is 10.2 Å². The molecule has 0 saturated carbocycles. The van der Waals surface area contributed by atoms with Crippen LogP contribution in [0.2, 0.25) is 0 Å². The fourth-order valence-electron chi connectivity index (χ4n) is 1.64. The molecule has 0 spiro atoms. The third-order valence-corrected chi connectivity index (χ3v) is 3.37. The number of benzene rings is 1. The molecule has 0 aliphatic heterocycles. The number of nitrogens with two attached hydrogens (primary N) is 1. The summed E-state index contributed by atoms with van der Waals surface area (Å²) < 4.78 is 28.3. The molecule has 0 aliphatic rings. The van der Waals surface area contributed by atoms with Gasteiger partial charge in [-0.25, -0.2) is 5.43 Å². The van der Waals surface area contributed by atoms with E-state index in [-0.39, 0.29) is 11.8 Å². The van der Waals surface area contributed by atoms with Gasteiger partial charge in [0.25, 0.3) is 0 Å². The van der Waals surface area contributed by atoms with Crippen molar-refractivity contribution in [3.8, 4) is 5.75 Å². The summed E-state index contributed by atoms with van der Waals surface area (Å²) in [6.07, 6.45) is 0. The van der Waals surface area contributed by atoms with Gasteiger partial charge in [0.2, 0.25) is 0 Å². The molecule has 2 rings (SSSR count). The fraction of sp³-hybridized carbons (Fsp3) is 0.167. The van der Waals surface area contributed by atoms with E-state index in [1.54, 1.807) is 23.5 Å². The van der Waals surface area contributed by atoms with Gasteiger partial charge in [0, 0.05) is 4.88 Å². The zero-order valence-corrected chi connectivity index (χ0v) is 10.2. The van der Waals surface area contributed by atoms with Crippen LogP contribution in [-0.2, 0) is 0 Å². The largest absolute Gasteiger partial charge is 0.435 e. The number of nitrogens with one attached hydrogen (secondary N) is 1. The zero-order valence-electron chi connectivity index (χ0n) is 9.35. The van der Waals surface area contributed by atoms with E-state index in [9.17, 15) is 8.78 Å². The number of alkyl halides is 2. The average Bonchev–Trinajstić information content (AvgIpc) is 2.85. The molecule has 1 atom stereocenters. The summed E-state index contributed by atoms with van der Waals surface area (Å²) in [5.74, 6) is 5.66. The van der Waals surface area contributed by atoms with E-state index >= 15 is 0 Å². The Morgan fingerprint density at radius 1 is 1.17 bits per heavy atom. The Hall–Kier alpha value is -1.50. The van der Waals surface area contributed by atoms with Crippen LogP contribution in [0.5, 0.6) is 5.75 Å². The van der Waals surface area contributed by atoms with Crippen molar-refractivity contribution >= 4 is 11.3 Å². The van der Waals surface area contributed by atoms with E-state index in [0.717, 1.165) is 10.4 Å². The molecular weight excluding hydrogens is 258 g/mol. The summed E-state index contributed by atoms with van der Waals surface area (Å²) in [7, 11) is 0. The first kappa shape index (κ1) is 12.9. The minimum Gasteiger partial charge on any atom is -0.435 e. The zero-order chi connectivity index (χ0) is 13.0. The molecule has 0 saturated heterocycles. The molecule has 2 aromatic rings. The molecule has 18 heavy (non-hydrogen) atoms. The number of ether oxygens (including phenoxy) is 1. The molecule has 0 fully saturated rings. The summed E-state index contributed by atoms with van der Waals surface area (Å²) in [5, 5.41) is 1.95. The van der Waals surface area contributed by atoms with Crippen molar-refractivity contribution in [3.05, 3.63) is 52.2 Å². The number of hydrogen-bond acceptors (Lipinski definition) is 4. The van der Waals surface area contributed by atoms with Gasteiger partial charge in [-0.05, 0) is 29.1 Å². The maximum absolute atomic E-state index is 12.0. The van der Waals surface area contributed by atoms with Gasteiger partial charge in [0.15, 0.2) is 0 Å². The minimum atomic E-state index is -2.81. The van der Waals surface area contributed by atoms with Crippen LogP contribution in [0.15, 0.2) is 41.8 Å². The van der Waals surface area contributed by atoms with Crippen molar-refractivity contribution in [2.75, 3.05) is 0 Å². The summed E-state index contributed by atoms with van der Waals surface area (Å²) in [4.78, 5) is 1.06. The van der Waals surface area contributed by atoms with Gasteiger partial charge in [-0.1, -0.05) is 18.2 Å². The molecule has 96 valence electrons. The molecule has 1 unspecified atom stereocenters. The van der Waals surface area contributed by atoms with Crippen LogP contribution in [0.4, 0.5) is 8.78 Å². The van der Waals surface area contributed by atoms with Gasteiger partial charge in [-0.2, -0.15) is 8.78 Å². The Labute approximate surface area is 107 Å². The molecule has 1 aromatic carbocycles. The second-order valence-corrected chi connectivity index (χ2v) is 4.54. The topological polar surface area (TPSA) is 47.3 Å². The fourth-order valence-corrected chi connectivity index (χ4v) is 2.45. The Balaban J connectivity index is 2.17. The van der Waals surface area contributed by atoms with Gasteiger partial charge in [0.05, 0.1) is 6.04 Å². The van der Waals surface area contributed by atoms with Gasteiger partial charge < -0.3 is 4.74 Å². The number of thiophene rings is 1. The average molecular weight is 270 g/mol. The lowest BCUT2D eigenvalue weighted by atomic mass is 10.1. The third kappa shape index (κ3) is 3.04. The first-order valence-electron chi connectivity index (χ1n) is 5.25. The SMILES string of the molecule is NNC(c1ccc(OC(F)F)cc1)c1cccs1. The number of rotatable bonds is 5. The molecule has 3 N–H and O–H groups in total. The van der Waals surface area contributed by atoms with Crippen molar-refractivity contribution < 1.29 is 13.5 Å². The van der Waals surface area contributed by atoms with Crippen molar-refractivity contribution in [3.63, 3.8) is 0 Å². The van der Waals surface area contributed by atoms with Crippen LogP contribution >= 0.6 is 11.3 Å². The van der Waals surface area contributed by atoms with Gasteiger partial charge in [-0.3, -0.25) is 5.84 Å². The van der Waals surface area contributed by atoms with Crippen molar-refractivity contribution in [1.29, 1.82) is 0 Å². The Morgan fingerprint density at radius 3 is 2.39 bits per heavy atom. The molecule has 6 heteroatoms. The lowest BCUT2D eigenvalue weighted by molar-refractivity contribution is -0.0498.